The second-order valence-electron chi connectivity index (χ2n) is 4.19. The number of sulfonamides is 1. The maximum Gasteiger partial charge on any atom is 0.261 e. The van der Waals surface area contributed by atoms with E-state index in [0.29, 0.717) is 11.0 Å². The van der Waals surface area contributed by atoms with E-state index in [9.17, 15) is 8.42 Å². The molecule has 2 aromatic rings. The van der Waals surface area contributed by atoms with Crippen LogP contribution >= 0.6 is 27.5 Å². The first-order valence-corrected chi connectivity index (χ1v) is 8.82. The van der Waals surface area contributed by atoms with Crippen molar-refractivity contribution >= 4 is 43.2 Å². The van der Waals surface area contributed by atoms with Crippen LogP contribution in [0.15, 0.2) is 47.4 Å². The van der Waals surface area contributed by atoms with E-state index in [1.54, 1.807) is 12.1 Å². The lowest BCUT2D eigenvalue weighted by Crippen LogP contribution is -2.13. The van der Waals surface area contributed by atoms with E-state index in [1.165, 1.54) is 30.3 Å². The number of alkyl halides is 1. The number of rotatable bonds is 4. The predicted molar refractivity (Wildman–Crippen MR) is 86.0 cm³/mol. The third-order valence-electron chi connectivity index (χ3n) is 2.73. The van der Waals surface area contributed by atoms with E-state index in [4.69, 9.17) is 16.9 Å². The van der Waals surface area contributed by atoms with Crippen LogP contribution in [0.2, 0.25) is 5.02 Å². The average Bonchev–Trinajstić information content (AvgIpc) is 2.49. The van der Waals surface area contributed by atoms with Crippen LogP contribution < -0.4 is 4.72 Å². The molecule has 0 aromatic heterocycles. The molecule has 0 heterocycles. The number of hydrogen-bond donors (Lipinski definition) is 1. The molecule has 4 nitrogen and oxygen atoms in total. The molecule has 0 bridgehead atoms. The molecule has 108 valence electrons. The summed E-state index contributed by atoms with van der Waals surface area (Å²) in [6.45, 7) is 0. The highest BCUT2D eigenvalue weighted by Gasteiger charge is 2.14. The standard InChI is InChI=1S/C14H10BrClN2O2S/c15-8-10-1-4-13(5-2-10)21(19,20)18-12-3-6-14(16)11(7-12)9-17/h1-7,18H,8H2. The zero-order valence-electron chi connectivity index (χ0n) is 10.7. The molecule has 0 spiro atoms. The van der Waals surface area contributed by atoms with Crippen LogP contribution in [0.1, 0.15) is 11.1 Å². The Hall–Kier alpha value is -1.55. The van der Waals surface area contributed by atoms with Gasteiger partial charge in [0.15, 0.2) is 0 Å². The number of nitriles is 1. The quantitative estimate of drug-likeness (QED) is 0.811. The fourth-order valence-electron chi connectivity index (χ4n) is 1.65. The molecule has 0 unspecified atom stereocenters. The fraction of sp³-hybridized carbons (Fsp3) is 0.0714. The normalized spacial score (nSPS) is 10.9. The van der Waals surface area contributed by atoms with Crippen molar-refractivity contribution in [3.8, 4) is 6.07 Å². The van der Waals surface area contributed by atoms with Crippen molar-refractivity contribution in [3.63, 3.8) is 0 Å². The van der Waals surface area contributed by atoms with Crippen molar-refractivity contribution in [1.82, 2.24) is 0 Å². The summed E-state index contributed by atoms with van der Waals surface area (Å²) < 4.78 is 26.9. The minimum atomic E-state index is -3.69. The van der Waals surface area contributed by atoms with Crippen LogP contribution in [0.3, 0.4) is 0 Å². The molecule has 0 saturated heterocycles. The Balaban J connectivity index is 2.30. The van der Waals surface area contributed by atoms with E-state index in [1.807, 2.05) is 6.07 Å². The van der Waals surface area contributed by atoms with E-state index >= 15 is 0 Å². The molecule has 1 N–H and O–H groups in total. The van der Waals surface area contributed by atoms with Crippen LogP contribution in [-0.2, 0) is 15.4 Å². The molecule has 7 heteroatoms. The summed E-state index contributed by atoms with van der Waals surface area (Å²) in [6, 6.07) is 12.8. The molecule has 0 aliphatic carbocycles. The molecule has 0 atom stereocenters. The van der Waals surface area contributed by atoms with Crippen LogP contribution in [-0.4, -0.2) is 8.42 Å². The average molecular weight is 386 g/mol. The Morgan fingerprint density at radius 2 is 1.86 bits per heavy atom. The van der Waals surface area contributed by atoms with Crippen molar-refractivity contribution in [2.75, 3.05) is 4.72 Å². The number of nitrogens with zero attached hydrogens (tertiary/aromatic N) is 1. The van der Waals surface area contributed by atoms with Gasteiger partial charge in [-0.15, -0.1) is 0 Å². The van der Waals surface area contributed by atoms with Gasteiger partial charge in [-0.1, -0.05) is 39.7 Å². The van der Waals surface area contributed by atoms with Gasteiger partial charge < -0.3 is 0 Å². The van der Waals surface area contributed by atoms with E-state index in [0.717, 1.165) is 5.56 Å². The molecule has 0 aliphatic rings. The highest BCUT2D eigenvalue weighted by molar-refractivity contribution is 9.08. The predicted octanol–water partition coefficient (Wildman–Crippen LogP) is 3.91. The Kier molecular flexibility index (Phi) is 4.88. The van der Waals surface area contributed by atoms with Crippen LogP contribution in [0, 0.1) is 11.3 Å². The summed E-state index contributed by atoms with van der Waals surface area (Å²) in [4.78, 5) is 0.153. The van der Waals surface area contributed by atoms with E-state index < -0.39 is 10.0 Å². The lowest BCUT2D eigenvalue weighted by Gasteiger charge is -2.09. The van der Waals surface area contributed by atoms with Crippen molar-refractivity contribution in [1.29, 1.82) is 5.26 Å². The molecular weight excluding hydrogens is 376 g/mol. The summed E-state index contributed by atoms with van der Waals surface area (Å²) in [6.07, 6.45) is 0. The molecule has 0 amide bonds. The van der Waals surface area contributed by atoms with E-state index in [-0.39, 0.29) is 15.5 Å². The summed E-state index contributed by atoms with van der Waals surface area (Å²) in [7, 11) is -3.69. The third kappa shape index (κ3) is 3.76. The van der Waals surface area contributed by atoms with Gasteiger partial charge in [0.2, 0.25) is 0 Å². The summed E-state index contributed by atoms with van der Waals surface area (Å²) in [5, 5.41) is 9.84. The highest BCUT2D eigenvalue weighted by atomic mass is 79.9. The smallest absolute Gasteiger partial charge is 0.261 e. The lowest BCUT2D eigenvalue weighted by atomic mass is 10.2. The Labute approximate surface area is 136 Å². The number of nitrogens with one attached hydrogen (secondary N) is 1. The van der Waals surface area contributed by atoms with Crippen LogP contribution in [0.25, 0.3) is 0 Å². The highest BCUT2D eigenvalue weighted by Crippen LogP contribution is 2.22. The molecule has 0 fully saturated rings. The maximum atomic E-state index is 12.2. The van der Waals surface area contributed by atoms with Gasteiger partial charge in [0.05, 0.1) is 21.2 Å². The molecule has 0 radical (unpaired) electrons. The Morgan fingerprint density at radius 1 is 1.19 bits per heavy atom. The van der Waals surface area contributed by atoms with Gasteiger partial charge in [-0.3, -0.25) is 4.72 Å². The third-order valence-corrected chi connectivity index (χ3v) is 5.10. The molecule has 0 saturated carbocycles. The van der Waals surface area contributed by atoms with Gasteiger partial charge in [0.1, 0.15) is 6.07 Å². The molecular formula is C14H10BrClN2O2S. The number of hydrogen-bond acceptors (Lipinski definition) is 3. The van der Waals surface area contributed by atoms with Crippen LogP contribution in [0.5, 0.6) is 0 Å². The van der Waals surface area contributed by atoms with Gasteiger partial charge in [-0.25, -0.2) is 8.42 Å². The first-order valence-electron chi connectivity index (χ1n) is 5.83. The number of anilines is 1. The molecule has 2 rings (SSSR count). The maximum absolute atomic E-state index is 12.2. The minimum Gasteiger partial charge on any atom is -0.280 e. The second kappa shape index (κ2) is 6.48. The zero-order chi connectivity index (χ0) is 15.5. The lowest BCUT2D eigenvalue weighted by molar-refractivity contribution is 0.601. The monoisotopic (exact) mass is 384 g/mol. The van der Waals surface area contributed by atoms with Gasteiger partial charge >= 0.3 is 0 Å². The molecule has 2 aromatic carbocycles. The fourth-order valence-corrected chi connectivity index (χ4v) is 3.23. The SMILES string of the molecule is N#Cc1cc(NS(=O)(=O)c2ccc(CBr)cc2)ccc1Cl. The van der Waals surface area contributed by atoms with Gasteiger partial charge in [-0.05, 0) is 35.9 Å². The van der Waals surface area contributed by atoms with Crippen LogP contribution in [0.4, 0.5) is 5.69 Å². The van der Waals surface area contributed by atoms with Gasteiger partial charge in [-0.2, -0.15) is 5.26 Å². The van der Waals surface area contributed by atoms with Gasteiger partial charge in [0.25, 0.3) is 10.0 Å². The first kappa shape index (κ1) is 15.8. The van der Waals surface area contributed by atoms with E-state index in [2.05, 4.69) is 20.7 Å². The number of halogens is 2. The summed E-state index contributed by atoms with van der Waals surface area (Å²) in [5.41, 5.74) is 1.49. The zero-order valence-corrected chi connectivity index (χ0v) is 13.8. The van der Waals surface area contributed by atoms with Gasteiger partial charge in [0, 0.05) is 5.33 Å². The topological polar surface area (TPSA) is 70.0 Å². The van der Waals surface area contributed by atoms with Crippen molar-refractivity contribution in [2.24, 2.45) is 0 Å². The first-order chi connectivity index (χ1) is 9.96. The molecule has 0 aliphatic heterocycles. The van der Waals surface area contributed by atoms with Crippen molar-refractivity contribution < 1.29 is 8.42 Å². The second-order valence-corrected chi connectivity index (χ2v) is 6.84. The molecule has 21 heavy (non-hydrogen) atoms. The Bertz CT molecular complexity index is 799. The minimum absolute atomic E-state index is 0.153. The Morgan fingerprint density at radius 3 is 2.43 bits per heavy atom. The van der Waals surface area contributed by atoms with Crippen molar-refractivity contribution in [2.45, 2.75) is 10.2 Å². The summed E-state index contributed by atoms with van der Waals surface area (Å²) >= 11 is 9.11. The van der Waals surface area contributed by atoms with Crippen molar-refractivity contribution in [3.05, 3.63) is 58.6 Å². The largest absolute Gasteiger partial charge is 0.280 e. The summed E-state index contributed by atoms with van der Waals surface area (Å²) in [5.74, 6) is 0. The number of benzene rings is 2.